The van der Waals surface area contributed by atoms with Crippen LogP contribution >= 0.6 is 0 Å². The van der Waals surface area contributed by atoms with E-state index in [0.29, 0.717) is 31.7 Å². The van der Waals surface area contributed by atoms with E-state index in [1.54, 1.807) is 24.3 Å². The van der Waals surface area contributed by atoms with Crippen LogP contribution in [0.15, 0.2) is 72.9 Å². The number of rotatable bonds is 8. The number of carboxylic acid groups (broad SMARTS) is 1. The second-order valence-electron chi connectivity index (χ2n) is 9.91. The van der Waals surface area contributed by atoms with Gasteiger partial charge < -0.3 is 20.0 Å². The third-order valence-electron chi connectivity index (χ3n) is 7.53. The van der Waals surface area contributed by atoms with E-state index in [9.17, 15) is 14.1 Å². The summed E-state index contributed by atoms with van der Waals surface area (Å²) in [6, 6.07) is 9.92. The van der Waals surface area contributed by atoms with Gasteiger partial charge in [0.1, 0.15) is 28.1 Å². The summed E-state index contributed by atoms with van der Waals surface area (Å²) in [7, 11) is -1.28. The van der Waals surface area contributed by atoms with Crippen LogP contribution in [0.1, 0.15) is 42.6 Å². The van der Waals surface area contributed by atoms with E-state index in [2.05, 4.69) is 16.4 Å². The normalized spacial score (nSPS) is 22.8. The largest absolute Gasteiger partial charge is 0.507 e. The molecule has 3 atom stereocenters. The van der Waals surface area contributed by atoms with E-state index >= 15 is 4.39 Å². The number of anilines is 2. The molecule has 0 amide bonds. The third-order valence-corrected chi connectivity index (χ3v) is 9.47. The van der Waals surface area contributed by atoms with Gasteiger partial charge in [-0.1, -0.05) is 36.9 Å². The van der Waals surface area contributed by atoms with Gasteiger partial charge in [-0.05, 0) is 56.5 Å². The lowest BCUT2D eigenvalue weighted by Crippen LogP contribution is -2.46. The summed E-state index contributed by atoms with van der Waals surface area (Å²) < 4.78 is 30.7. The molecule has 2 aromatic rings. The standard InChI is InChI=1S/C30H36FN3O4S/c1-4-6-7-22(5-2)29-13-8-21(3)34(39(29)38)20-23-9-10-24(18-27(23)31)32-14-16-33(17-15-32)25-11-12-26(30(36)37)28(35)19-25/h4-7,9-12,18-19,21,29,35H,1,8,13-17,20H2,2-3H3,(H,36,37)/b7-6-,22-5+/t21-,29+,39?/m0/s1. The van der Waals surface area contributed by atoms with Crippen LogP contribution in [-0.4, -0.2) is 62.2 Å². The maximum Gasteiger partial charge on any atom is 0.339 e. The summed E-state index contributed by atoms with van der Waals surface area (Å²) in [5, 5.41) is 19.0. The maximum absolute atomic E-state index is 15.3. The van der Waals surface area contributed by atoms with Crippen molar-refractivity contribution >= 4 is 28.3 Å². The van der Waals surface area contributed by atoms with Crippen LogP contribution in [-0.2, 0) is 17.5 Å². The third kappa shape index (κ3) is 6.42. The number of halogens is 1. The molecule has 208 valence electrons. The van der Waals surface area contributed by atoms with Crippen LogP contribution in [0, 0.1) is 5.82 Å². The predicted molar refractivity (Wildman–Crippen MR) is 155 cm³/mol. The van der Waals surface area contributed by atoms with Crippen molar-refractivity contribution in [2.45, 2.75) is 44.5 Å². The van der Waals surface area contributed by atoms with E-state index in [4.69, 9.17) is 5.11 Å². The van der Waals surface area contributed by atoms with Gasteiger partial charge in [0.15, 0.2) is 0 Å². The van der Waals surface area contributed by atoms with Crippen LogP contribution in [0.3, 0.4) is 0 Å². The van der Waals surface area contributed by atoms with Crippen molar-refractivity contribution in [1.82, 2.24) is 4.31 Å². The summed E-state index contributed by atoms with van der Waals surface area (Å²) in [6.07, 6.45) is 9.20. The molecule has 0 bridgehead atoms. The summed E-state index contributed by atoms with van der Waals surface area (Å²) in [4.78, 5) is 15.3. The molecule has 2 N–H and O–H groups in total. The monoisotopic (exact) mass is 553 g/mol. The van der Waals surface area contributed by atoms with Crippen molar-refractivity contribution in [2.75, 3.05) is 36.0 Å². The molecule has 2 aromatic carbocycles. The number of aromatic hydroxyl groups is 1. The number of hydrogen-bond acceptors (Lipinski definition) is 5. The zero-order valence-electron chi connectivity index (χ0n) is 22.4. The van der Waals surface area contributed by atoms with Crippen LogP contribution in [0.25, 0.3) is 0 Å². The summed E-state index contributed by atoms with van der Waals surface area (Å²) in [6.45, 7) is 10.6. The van der Waals surface area contributed by atoms with Gasteiger partial charge in [-0.15, -0.1) is 0 Å². The number of hydrogen-bond donors (Lipinski definition) is 2. The van der Waals surface area contributed by atoms with E-state index in [1.807, 2.05) is 42.4 Å². The number of carbonyl (C=O) groups is 1. The highest BCUT2D eigenvalue weighted by atomic mass is 32.2. The summed E-state index contributed by atoms with van der Waals surface area (Å²) in [5.74, 6) is -1.74. The van der Waals surface area contributed by atoms with E-state index in [-0.39, 0.29) is 35.0 Å². The molecule has 0 aliphatic carbocycles. The predicted octanol–water partition coefficient (Wildman–Crippen LogP) is 5.26. The molecule has 0 saturated carbocycles. The smallest absolute Gasteiger partial charge is 0.339 e. The van der Waals surface area contributed by atoms with E-state index in [1.165, 1.54) is 12.1 Å². The summed E-state index contributed by atoms with van der Waals surface area (Å²) in [5.41, 5.74) is 2.94. The van der Waals surface area contributed by atoms with Crippen LogP contribution in [0.5, 0.6) is 5.75 Å². The van der Waals surface area contributed by atoms with Crippen molar-refractivity contribution < 1.29 is 23.6 Å². The van der Waals surface area contributed by atoms with E-state index < -0.39 is 17.0 Å². The first-order valence-electron chi connectivity index (χ1n) is 13.2. The van der Waals surface area contributed by atoms with Crippen LogP contribution in [0.2, 0.25) is 0 Å². The molecular weight excluding hydrogens is 517 g/mol. The molecule has 0 aromatic heterocycles. The van der Waals surface area contributed by atoms with Crippen molar-refractivity contribution in [1.29, 1.82) is 0 Å². The van der Waals surface area contributed by atoms with Gasteiger partial charge in [-0.25, -0.2) is 17.7 Å². The number of carboxylic acids is 1. The maximum atomic E-state index is 15.3. The number of allylic oxidation sites excluding steroid dienone is 4. The number of phenols is 1. The molecule has 0 spiro atoms. The number of benzene rings is 2. The van der Waals surface area contributed by atoms with Gasteiger partial charge in [-0.2, -0.15) is 0 Å². The zero-order chi connectivity index (χ0) is 28.1. The van der Waals surface area contributed by atoms with Gasteiger partial charge >= 0.3 is 5.97 Å². The van der Waals surface area contributed by atoms with Crippen molar-refractivity contribution in [2.24, 2.45) is 0 Å². The number of nitrogens with zero attached hydrogens (tertiary/aromatic N) is 3. The Morgan fingerprint density at radius 2 is 1.74 bits per heavy atom. The second-order valence-corrected chi connectivity index (χ2v) is 11.5. The molecule has 2 aliphatic heterocycles. The Kier molecular flexibility index (Phi) is 9.24. The quantitative estimate of drug-likeness (QED) is 0.434. The number of piperazine rings is 1. The molecule has 0 radical (unpaired) electrons. The molecule has 2 heterocycles. The first-order chi connectivity index (χ1) is 18.7. The SMILES string of the molecule is C=C/C=C\C(=C/C)[C@H]1CC[C@H](C)N(Cc2ccc(N3CCN(c4ccc(C(=O)O)c(O)c4)CC3)cc2F)S1=O. The highest BCUT2D eigenvalue weighted by molar-refractivity contribution is 7.83. The van der Waals surface area contributed by atoms with Crippen molar-refractivity contribution in [3.05, 3.63) is 89.8 Å². The Morgan fingerprint density at radius 3 is 2.31 bits per heavy atom. The molecule has 1 unspecified atom stereocenters. The molecule has 2 aliphatic rings. The second kappa shape index (κ2) is 12.6. The molecular formula is C30H36FN3O4S. The Morgan fingerprint density at radius 1 is 1.10 bits per heavy atom. The average molecular weight is 554 g/mol. The molecule has 9 heteroatoms. The van der Waals surface area contributed by atoms with Crippen molar-refractivity contribution in [3.8, 4) is 5.75 Å². The minimum atomic E-state index is -1.28. The lowest BCUT2D eigenvalue weighted by atomic mass is 10.0. The number of aromatic carboxylic acids is 1. The molecule has 39 heavy (non-hydrogen) atoms. The fourth-order valence-corrected chi connectivity index (χ4v) is 7.04. The fraction of sp³-hybridized carbons (Fsp3) is 0.367. The topological polar surface area (TPSA) is 84.3 Å². The van der Waals surface area contributed by atoms with Crippen LogP contribution in [0.4, 0.5) is 15.8 Å². The van der Waals surface area contributed by atoms with Gasteiger partial charge in [0.2, 0.25) is 0 Å². The van der Waals surface area contributed by atoms with Crippen molar-refractivity contribution in [3.63, 3.8) is 0 Å². The van der Waals surface area contributed by atoms with E-state index in [0.717, 1.165) is 29.8 Å². The Bertz CT molecular complexity index is 1300. The summed E-state index contributed by atoms with van der Waals surface area (Å²) >= 11 is 0. The minimum absolute atomic E-state index is 0.0831. The Labute approximate surface area is 232 Å². The molecule has 2 fully saturated rings. The van der Waals surface area contributed by atoms with Gasteiger partial charge in [0.05, 0.1) is 5.25 Å². The fourth-order valence-electron chi connectivity index (χ4n) is 5.20. The Balaban J connectivity index is 1.41. The first kappa shape index (κ1) is 28.6. The lowest BCUT2D eigenvalue weighted by molar-refractivity contribution is 0.0693. The zero-order valence-corrected chi connectivity index (χ0v) is 23.2. The molecule has 4 rings (SSSR count). The lowest BCUT2D eigenvalue weighted by Gasteiger charge is -2.38. The first-order valence-corrected chi connectivity index (χ1v) is 14.4. The minimum Gasteiger partial charge on any atom is -0.507 e. The highest BCUT2D eigenvalue weighted by Crippen LogP contribution is 2.32. The Hall–Kier alpha value is -3.43. The average Bonchev–Trinajstić information content (AvgIpc) is 2.93. The highest BCUT2D eigenvalue weighted by Gasteiger charge is 2.34. The van der Waals surface area contributed by atoms with Gasteiger partial charge in [-0.3, -0.25) is 0 Å². The van der Waals surface area contributed by atoms with Gasteiger partial charge in [0.25, 0.3) is 0 Å². The molecule has 2 saturated heterocycles. The molecule has 7 nitrogen and oxygen atoms in total. The van der Waals surface area contributed by atoms with Crippen LogP contribution < -0.4 is 9.80 Å². The van der Waals surface area contributed by atoms with Gasteiger partial charge in [0, 0.05) is 61.8 Å².